The monoisotopic (exact) mass is 711 g/mol. The van der Waals surface area contributed by atoms with E-state index in [2.05, 4.69) is 43.8 Å². The number of nitrogens with zero attached hydrogens (tertiary/aromatic N) is 1. The highest BCUT2D eigenvalue weighted by atomic mass is 14.9. The Hall–Kier alpha value is -0.850. The first-order chi connectivity index (χ1) is 25.3. The molecule has 51 heavy (non-hydrogen) atoms. The fourth-order valence-electron chi connectivity index (χ4n) is 8.21. The van der Waals surface area contributed by atoms with Gasteiger partial charge >= 0.3 is 0 Å². The molecule has 0 atom stereocenters. The van der Waals surface area contributed by atoms with Gasteiger partial charge in [0.1, 0.15) is 6.54 Å². The van der Waals surface area contributed by atoms with Crippen LogP contribution in [0, 0.1) is 0 Å². The lowest BCUT2D eigenvalue weighted by molar-refractivity contribution is -0.697. The lowest BCUT2D eigenvalue weighted by Gasteiger charge is -2.10. The number of rotatable bonds is 42. The van der Waals surface area contributed by atoms with Crippen molar-refractivity contribution in [3.63, 3.8) is 0 Å². The highest BCUT2D eigenvalue weighted by molar-refractivity contribution is 5.21. The van der Waals surface area contributed by atoms with E-state index in [9.17, 15) is 0 Å². The highest BCUT2D eigenvalue weighted by Gasteiger charge is 2.10. The average Bonchev–Trinajstić information content (AvgIpc) is 3.14. The Bertz CT molecular complexity index is 798. The second kappa shape index (κ2) is 40.3. The van der Waals surface area contributed by atoms with E-state index in [0.29, 0.717) is 0 Å². The van der Waals surface area contributed by atoms with E-state index in [-0.39, 0.29) is 0 Å². The van der Waals surface area contributed by atoms with E-state index >= 15 is 0 Å². The predicted molar refractivity (Wildman–Crippen MR) is 231 cm³/mol. The second-order valence-corrected chi connectivity index (χ2v) is 17.0. The van der Waals surface area contributed by atoms with Crippen LogP contribution in [0.1, 0.15) is 282 Å². The Kier molecular flexibility index (Phi) is 38.1. The number of unbranched alkanes of at least 4 members (excludes halogenated alkanes) is 36. The molecule has 0 saturated carbocycles. The van der Waals surface area contributed by atoms with Crippen LogP contribution in [-0.4, -0.2) is 0 Å². The van der Waals surface area contributed by atoms with Crippen LogP contribution in [0.3, 0.4) is 0 Å². The third kappa shape index (κ3) is 33.5. The van der Waals surface area contributed by atoms with E-state index < -0.39 is 0 Å². The summed E-state index contributed by atoms with van der Waals surface area (Å²) >= 11 is 0. The number of pyridine rings is 1. The summed E-state index contributed by atoms with van der Waals surface area (Å²) < 4.78 is 2.54. The van der Waals surface area contributed by atoms with Gasteiger partial charge in [-0.15, -0.1) is 0 Å². The predicted octanol–water partition coefficient (Wildman–Crippen LogP) is 17.3. The lowest BCUT2D eigenvalue weighted by Crippen LogP contribution is -2.34. The van der Waals surface area contributed by atoms with Crippen molar-refractivity contribution in [3.8, 4) is 0 Å². The van der Waals surface area contributed by atoms with E-state index in [0.717, 1.165) is 0 Å². The van der Waals surface area contributed by atoms with Crippen molar-refractivity contribution < 1.29 is 4.57 Å². The zero-order valence-corrected chi connectivity index (χ0v) is 35.9. The largest absolute Gasteiger partial charge is 0.205 e. The zero-order valence-electron chi connectivity index (χ0n) is 35.9. The Balaban J connectivity index is 2.26. The summed E-state index contributed by atoms with van der Waals surface area (Å²) in [7, 11) is 0. The van der Waals surface area contributed by atoms with E-state index in [1.54, 1.807) is 11.1 Å². The molecule has 300 valence electrons. The molecule has 0 amide bonds. The van der Waals surface area contributed by atoms with Crippen molar-refractivity contribution in [2.45, 2.75) is 291 Å². The minimum absolute atomic E-state index is 1.21. The van der Waals surface area contributed by atoms with Crippen LogP contribution in [-0.2, 0) is 19.4 Å². The number of hydrogen-bond donors (Lipinski definition) is 0. The van der Waals surface area contributed by atoms with E-state index in [1.807, 2.05) is 0 Å². The van der Waals surface area contributed by atoms with Crippen LogP contribution in [0.4, 0.5) is 0 Å². The third-order valence-corrected chi connectivity index (χ3v) is 11.8. The van der Waals surface area contributed by atoms with Gasteiger partial charge < -0.3 is 0 Å². The van der Waals surface area contributed by atoms with Gasteiger partial charge in [-0.1, -0.05) is 245 Å². The van der Waals surface area contributed by atoms with Crippen LogP contribution in [0.2, 0.25) is 0 Å². The molecule has 1 nitrogen and oxygen atoms in total. The van der Waals surface area contributed by atoms with Gasteiger partial charge in [0.25, 0.3) is 0 Å². The smallest absolute Gasteiger partial charge is 0.172 e. The lowest BCUT2D eigenvalue weighted by atomic mass is 9.97. The van der Waals surface area contributed by atoms with Gasteiger partial charge in [0.05, 0.1) is 0 Å². The molecule has 0 aliphatic rings. The molecule has 0 N–H and O–H groups in total. The summed E-state index contributed by atoms with van der Waals surface area (Å²) in [5.41, 5.74) is 3.34. The second-order valence-electron chi connectivity index (χ2n) is 17.0. The fraction of sp³-hybridized carbons (Fsp3) is 0.900. The molecule has 1 heterocycles. The summed E-state index contributed by atoms with van der Waals surface area (Å²) in [4.78, 5) is 0. The highest BCUT2D eigenvalue weighted by Crippen LogP contribution is 2.19. The molecular formula is C50H96N+. The molecule has 0 fully saturated rings. The average molecular weight is 711 g/mol. The minimum Gasteiger partial charge on any atom is -0.205 e. The first-order valence-electron chi connectivity index (χ1n) is 24.3. The molecule has 0 aliphatic heterocycles. The molecule has 1 aromatic rings. The first-order valence-corrected chi connectivity index (χ1v) is 24.3. The number of hydrogen-bond acceptors (Lipinski definition) is 0. The van der Waals surface area contributed by atoms with Crippen molar-refractivity contribution in [1.29, 1.82) is 0 Å². The Morgan fingerprint density at radius 1 is 0.294 bits per heavy atom. The maximum absolute atomic E-state index is 2.57. The SMILES string of the molecule is CCCCCCCCCCCCCCCCCCC[n+]1ccc(CCCCCCCCCCCCC)c(CCCCCCCCCCCCC)c1. The number of aromatic nitrogens is 1. The van der Waals surface area contributed by atoms with Crippen LogP contribution >= 0.6 is 0 Å². The van der Waals surface area contributed by atoms with Crippen LogP contribution in [0.15, 0.2) is 18.5 Å². The fourth-order valence-corrected chi connectivity index (χ4v) is 8.21. The summed E-state index contributed by atoms with van der Waals surface area (Å²) in [6, 6.07) is 2.51. The normalized spacial score (nSPS) is 11.6. The zero-order chi connectivity index (χ0) is 36.6. The molecule has 0 radical (unpaired) electrons. The molecule has 1 aromatic heterocycles. The van der Waals surface area contributed by atoms with Crippen molar-refractivity contribution in [2.24, 2.45) is 0 Å². The maximum atomic E-state index is 2.57. The molecule has 0 saturated heterocycles. The molecular weight excluding hydrogens is 615 g/mol. The quantitative estimate of drug-likeness (QED) is 0.0470. The Morgan fingerprint density at radius 3 is 0.863 bits per heavy atom. The molecule has 0 spiro atoms. The Labute approximate surface area is 323 Å². The van der Waals surface area contributed by atoms with Gasteiger partial charge in [-0.2, -0.15) is 0 Å². The van der Waals surface area contributed by atoms with Gasteiger partial charge in [0, 0.05) is 18.1 Å². The molecule has 0 bridgehead atoms. The van der Waals surface area contributed by atoms with Gasteiger partial charge in [0.15, 0.2) is 12.4 Å². The van der Waals surface area contributed by atoms with Gasteiger partial charge in [-0.05, 0) is 37.7 Å². The van der Waals surface area contributed by atoms with Crippen molar-refractivity contribution in [1.82, 2.24) is 0 Å². The topological polar surface area (TPSA) is 3.88 Å². The van der Waals surface area contributed by atoms with E-state index in [1.165, 1.54) is 270 Å². The Morgan fingerprint density at radius 2 is 0.549 bits per heavy atom. The molecule has 0 unspecified atom stereocenters. The van der Waals surface area contributed by atoms with Gasteiger partial charge in [-0.25, -0.2) is 4.57 Å². The standard InChI is InChI=1S/C50H96N/c1-4-7-10-13-16-19-22-23-24-25-26-27-30-33-36-39-42-46-51-47-45-49(43-40-37-34-31-28-20-17-14-11-8-5-2)50(48-51)44-41-38-35-32-29-21-18-15-12-9-6-3/h45,47-48H,4-44,46H2,1-3H3/q+1. The minimum atomic E-state index is 1.21. The van der Waals surface area contributed by atoms with Crippen molar-refractivity contribution in [3.05, 3.63) is 29.6 Å². The third-order valence-electron chi connectivity index (χ3n) is 11.8. The summed E-state index contributed by atoms with van der Waals surface area (Å²) in [5.74, 6) is 0. The summed E-state index contributed by atoms with van der Waals surface area (Å²) in [5, 5.41) is 0. The van der Waals surface area contributed by atoms with Crippen LogP contribution in [0.5, 0.6) is 0 Å². The van der Waals surface area contributed by atoms with Crippen LogP contribution in [0.25, 0.3) is 0 Å². The van der Waals surface area contributed by atoms with E-state index in [4.69, 9.17) is 0 Å². The summed E-state index contributed by atoms with van der Waals surface area (Å²) in [6.07, 6.45) is 63.8. The van der Waals surface area contributed by atoms with Crippen molar-refractivity contribution >= 4 is 0 Å². The maximum Gasteiger partial charge on any atom is 0.172 e. The molecule has 1 heteroatoms. The van der Waals surface area contributed by atoms with Gasteiger partial charge in [0.2, 0.25) is 0 Å². The molecule has 1 rings (SSSR count). The van der Waals surface area contributed by atoms with Crippen molar-refractivity contribution in [2.75, 3.05) is 0 Å². The number of aryl methyl sites for hydroxylation is 3. The summed E-state index contributed by atoms with van der Waals surface area (Å²) in [6.45, 7) is 8.16. The molecule has 0 aromatic carbocycles. The van der Waals surface area contributed by atoms with Crippen LogP contribution < -0.4 is 4.57 Å². The van der Waals surface area contributed by atoms with Gasteiger partial charge in [-0.3, -0.25) is 0 Å². The first kappa shape index (κ1) is 48.2. The molecule has 0 aliphatic carbocycles.